The van der Waals surface area contributed by atoms with Crippen LogP contribution in [0.4, 0.5) is 5.69 Å². The topological polar surface area (TPSA) is 93.2 Å². The van der Waals surface area contributed by atoms with Gasteiger partial charge < -0.3 is 15.2 Å². The molecule has 1 unspecified atom stereocenters. The Labute approximate surface area is 111 Å². The second kappa shape index (κ2) is 5.53. The lowest BCUT2D eigenvalue weighted by molar-refractivity contribution is 0.0936. The molecule has 2 aromatic heterocycles. The smallest absolute Gasteiger partial charge is 0.255 e. The summed E-state index contributed by atoms with van der Waals surface area (Å²) in [4.78, 5) is 16.3. The van der Waals surface area contributed by atoms with Crippen molar-refractivity contribution in [3.63, 3.8) is 0 Å². The predicted molar refractivity (Wildman–Crippen MR) is 71.4 cm³/mol. The van der Waals surface area contributed by atoms with Crippen molar-refractivity contribution in [2.45, 2.75) is 19.9 Å². The van der Waals surface area contributed by atoms with Crippen molar-refractivity contribution in [1.82, 2.24) is 10.3 Å². The van der Waals surface area contributed by atoms with Gasteiger partial charge in [0.25, 0.3) is 5.91 Å². The minimum absolute atomic E-state index is 0.227. The molecule has 0 aromatic carbocycles. The molecule has 0 aliphatic rings. The van der Waals surface area contributed by atoms with Crippen molar-refractivity contribution >= 4 is 11.6 Å². The summed E-state index contributed by atoms with van der Waals surface area (Å²) in [7, 11) is 0. The number of anilines is 1. The van der Waals surface area contributed by atoms with Crippen molar-refractivity contribution in [3.05, 3.63) is 47.7 Å². The average Bonchev–Trinajstić information content (AvgIpc) is 2.92. The van der Waals surface area contributed by atoms with Crippen LogP contribution in [-0.2, 0) is 0 Å². The van der Waals surface area contributed by atoms with Crippen molar-refractivity contribution in [1.29, 1.82) is 0 Å². The van der Waals surface area contributed by atoms with E-state index in [0.717, 1.165) is 5.69 Å². The fraction of sp³-hybridized carbons (Fsp3) is 0.231. The highest BCUT2D eigenvalue weighted by molar-refractivity contribution is 5.99. The Bertz CT molecular complexity index is 566. The number of nitrogens with two attached hydrogens (primary N) is 1. The normalized spacial score (nSPS) is 11.9. The van der Waals surface area contributed by atoms with E-state index < -0.39 is 0 Å². The molecule has 0 bridgehead atoms. The maximum atomic E-state index is 12.2. The zero-order valence-electron chi connectivity index (χ0n) is 10.8. The molecule has 0 saturated carbocycles. The summed E-state index contributed by atoms with van der Waals surface area (Å²) in [5, 5.41) is 2.82. The summed E-state index contributed by atoms with van der Waals surface area (Å²) < 4.78 is 5.24. The molecular weight excluding hydrogens is 244 g/mol. The molecule has 1 atom stereocenters. The third-order valence-corrected chi connectivity index (χ3v) is 2.76. The number of nitrogens with one attached hydrogen (secondary N) is 2. The van der Waals surface area contributed by atoms with Gasteiger partial charge in [-0.05, 0) is 32.0 Å². The first-order valence-electron chi connectivity index (χ1n) is 5.89. The fourth-order valence-corrected chi connectivity index (χ4v) is 1.74. The molecule has 2 rings (SSSR count). The van der Waals surface area contributed by atoms with Crippen molar-refractivity contribution < 1.29 is 9.21 Å². The second-order valence-electron chi connectivity index (χ2n) is 4.23. The lowest BCUT2D eigenvalue weighted by atomic mass is 10.1. The number of carbonyl (C=O) groups excluding carboxylic acids is 1. The quantitative estimate of drug-likeness (QED) is 0.575. The molecule has 4 N–H and O–H groups in total. The van der Waals surface area contributed by atoms with Gasteiger partial charge in [0, 0.05) is 11.9 Å². The van der Waals surface area contributed by atoms with Gasteiger partial charge in [0.1, 0.15) is 5.76 Å². The van der Waals surface area contributed by atoms with E-state index in [0.29, 0.717) is 17.0 Å². The molecule has 1 amide bonds. The molecule has 6 heteroatoms. The molecule has 19 heavy (non-hydrogen) atoms. The number of hydrazine groups is 1. The van der Waals surface area contributed by atoms with Gasteiger partial charge in [0.2, 0.25) is 0 Å². The van der Waals surface area contributed by atoms with Gasteiger partial charge in [-0.3, -0.25) is 15.6 Å². The number of amides is 1. The molecular formula is C13H16N4O2. The number of nitrogen functional groups attached to an aromatic ring is 1. The number of aromatic nitrogens is 1. The molecule has 0 spiro atoms. The number of carbonyl (C=O) groups is 1. The summed E-state index contributed by atoms with van der Waals surface area (Å²) in [6.07, 6.45) is 3.06. The summed E-state index contributed by atoms with van der Waals surface area (Å²) in [5.41, 5.74) is 4.22. The van der Waals surface area contributed by atoms with Gasteiger partial charge in [0.05, 0.1) is 23.6 Å². The highest BCUT2D eigenvalue weighted by Gasteiger charge is 2.16. The SMILES string of the molecule is Cc1cc(NN)c(C(=O)NC(C)c2ccco2)cn1. The maximum Gasteiger partial charge on any atom is 0.255 e. The number of furan rings is 1. The number of pyridine rings is 1. The number of aryl methyl sites for hydroxylation is 1. The molecule has 0 aliphatic carbocycles. The first-order chi connectivity index (χ1) is 9.11. The molecule has 0 saturated heterocycles. The minimum Gasteiger partial charge on any atom is -0.467 e. The highest BCUT2D eigenvalue weighted by Crippen LogP contribution is 2.17. The lowest BCUT2D eigenvalue weighted by Crippen LogP contribution is -2.28. The Morgan fingerprint density at radius 2 is 2.32 bits per heavy atom. The van der Waals surface area contributed by atoms with E-state index in [1.165, 1.54) is 6.20 Å². The van der Waals surface area contributed by atoms with Crippen molar-refractivity contribution in [3.8, 4) is 0 Å². The highest BCUT2D eigenvalue weighted by atomic mass is 16.3. The van der Waals surface area contributed by atoms with Crippen LogP contribution in [0.15, 0.2) is 35.1 Å². The van der Waals surface area contributed by atoms with E-state index in [-0.39, 0.29) is 11.9 Å². The first-order valence-corrected chi connectivity index (χ1v) is 5.89. The Balaban J connectivity index is 2.16. The summed E-state index contributed by atoms with van der Waals surface area (Å²) in [5.74, 6) is 5.84. The largest absolute Gasteiger partial charge is 0.467 e. The monoisotopic (exact) mass is 260 g/mol. The number of rotatable bonds is 4. The first kappa shape index (κ1) is 13.1. The van der Waals surface area contributed by atoms with E-state index in [4.69, 9.17) is 10.3 Å². The van der Waals surface area contributed by atoms with Crippen molar-refractivity contribution in [2.24, 2.45) is 5.84 Å². The molecule has 0 fully saturated rings. The molecule has 0 aliphatic heterocycles. The zero-order chi connectivity index (χ0) is 13.8. The second-order valence-corrected chi connectivity index (χ2v) is 4.23. The van der Waals surface area contributed by atoms with Crippen LogP contribution in [0.3, 0.4) is 0 Å². The van der Waals surface area contributed by atoms with Crippen LogP contribution >= 0.6 is 0 Å². The maximum absolute atomic E-state index is 12.2. The van der Waals surface area contributed by atoms with Gasteiger partial charge in [0.15, 0.2) is 0 Å². The van der Waals surface area contributed by atoms with E-state index in [1.54, 1.807) is 24.5 Å². The van der Waals surface area contributed by atoms with E-state index in [1.807, 2.05) is 13.8 Å². The molecule has 6 nitrogen and oxygen atoms in total. The third-order valence-electron chi connectivity index (χ3n) is 2.76. The molecule has 2 aromatic rings. The summed E-state index contributed by atoms with van der Waals surface area (Å²) >= 11 is 0. The summed E-state index contributed by atoms with van der Waals surface area (Å²) in [6.45, 7) is 3.67. The van der Waals surface area contributed by atoms with E-state index >= 15 is 0 Å². The van der Waals surface area contributed by atoms with Gasteiger partial charge in [-0.25, -0.2) is 0 Å². The number of nitrogens with zero attached hydrogens (tertiary/aromatic N) is 1. The fourth-order valence-electron chi connectivity index (χ4n) is 1.74. The van der Waals surface area contributed by atoms with Gasteiger partial charge in [-0.1, -0.05) is 0 Å². The summed E-state index contributed by atoms with van der Waals surface area (Å²) in [6, 6.07) is 5.07. The van der Waals surface area contributed by atoms with Gasteiger partial charge in [-0.2, -0.15) is 0 Å². The van der Waals surface area contributed by atoms with Crippen LogP contribution in [0.1, 0.15) is 34.8 Å². The standard InChI is InChI=1S/C13H16N4O2/c1-8-6-11(17-14)10(7-15-8)13(18)16-9(2)12-4-3-5-19-12/h3-7,9H,14H2,1-2H3,(H,15,17)(H,16,18). The Morgan fingerprint density at radius 3 is 2.95 bits per heavy atom. The zero-order valence-corrected chi connectivity index (χ0v) is 10.8. The third kappa shape index (κ3) is 2.92. The number of hydrogen-bond donors (Lipinski definition) is 3. The number of hydrogen-bond acceptors (Lipinski definition) is 5. The van der Waals surface area contributed by atoms with Crippen LogP contribution < -0.4 is 16.6 Å². The Morgan fingerprint density at radius 1 is 1.53 bits per heavy atom. The van der Waals surface area contributed by atoms with Crippen LogP contribution in [0, 0.1) is 6.92 Å². The van der Waals surface area contributed by atoms with Crippen LogP contribution in [0.25, 0.3) is 0 Å². The van der Waals surface area contributed by atoms with Crippen LogP contribution in [0.5, 0.6) is 0 Å². The van der Waals surface area contributed by atoms with Crippen molar-refractivity contribution in [2.75, 3.05) is 5.43 Å². The lowest BCUT2D eigenvalue weighted by Gasteiger charge is -2.13. The Kier molecular flexibility index (Phi) is 3.82. The average molecular weight is 260 g/mol. The van der Waals surface area contributed by atoms with Crippen LogP contribution in [0.2, 0.25) is 0 Å². The molecule has 100 valence electrons. The Hall–Kier alpha value is -2.34. The van der Waals surface area contributed by atoms with E-state index in [9.17, 15) is 4.79 Å². The van der Waals surface area contributed by atoms with Gasteiger partial charge in [-0.15, -0.1) is 0 Å². The minimum atomic E-state index is -0.260. The van der Waals surface area contributed by atoms with E-state index in [2.05, 4.69) is 15.7 Å². The molecule has 2 heterocycles. The predicted octanol–water partition coefficient (Wildman–Crippen LogP) is 1.76. The van der Waals surface area contributed by atoms with Gasteiger partial charge >= 0.3 is 0 Å². The van der Waals surface area contributed by atoms with Crippen LogP contribution in [-0.4, -0.2) is 10.9 Å². The molecule has 0 radical (unpaired) electrons.